The first kappa shape index (κ1) is 22.6. The van der Waals surface area contributed by atoms with Crippen LogP contribution in [0.3, 0.4) is 0 Å². The van der Waals surface area contributed by atoms with Crippen LogP contribution >= 0.6 is 0 Å². The van der Waals surface area contributed by atoms with Crippen molar-refractivity contribution in [3.05, 3.63) is 35.4 Å². The van der Waals surface area contributed by atoms with Gasteiger partial charge in [0.1, 0.15) is 6.04 Å². The molecule has 150 valence electrons. The van der Waals surface area contributed by atoms with E-state index in [-0.39, 0.29) is 12.0 Å². The third-order valence-electron chi connectivity index (χ3n) is 4.09. The molecule has 0 aliphatic carbocycles. The average Bonchev–Trinajstić information content (AvgIpc) is 2.67. The van der Waals surface area contributed by atoms with Crippen molar-refractivity contribution in [1.29, 1.82) is 0 Å². The minimum atomic E-state index is -0.772. The van der Waals surface area contributed by atoms with E-state index in [1.165, 1.54) is 7.11 Å². The van der Waals surface area contributed by atoms with Crippen LogP contribution in [0.15, 0.2) is 24.3 Å². The molecule has 7 nitrogen and oxygen atoms in total. The number of esters is 2. The first-order chi connectivity index (χ1) is 12.8. The number of nitrogens with one attached hydrogen (secondary N) is 1. The van der Waals surface area contributed by atoms with Crippen molar-refractivity contribution in [1.82, 2.24) is 5.32 Å². The minimum absolute atomic E-state index is 0.0993. The van der Waals surface area contributed by atoms with Gasteiger partial charge in [-0.3, -0.25) is 4.79 Å². The highest BCUT2D eigenvalue weighted by atomic mass is 16.5. The molecule has 2 atom stereocenters. The van der Waals surface area contributed by atoms with Gasteiger partial charge in [0.05, 0.1) is 25.4 Å². The van der Waals surface area contributed by atoms with E-state index in [1.54, 1.807) is 24.3 Å². The Kier molecular flexibility index (Phi) is 9.50. The van der Waals surface area contributed by atoms with Gasteiger partial charge >= 0.3 is 11.9 Å². The van der Waals surface area contributed by atoms with Gasteiger partial charge in [0, 0.05) is 0 Å². The fourth-order valence-corrected chi connectivity index (χ4v) is 2.23. The number of benzene rings is 1. The number of carbonyl (C=O) groups excluding carboxylic acids is 3. The highest BCUT2D eigenvalue weighted by molar-refractivity contribution is 5.92. The zero-order valence-corrected chi connectivity index (χ0v) is 16.6. The predicted octanol–water partition coefficient (Wildman–Crippen LogP) is 2.47. The summed E-state index contributed by atoms with van der Waals surface area (Å²) in [6, 6.07) is 6.02. The standard InChI is InChI=1S/C20H29NO6/c1-6-14(4)18(20(24)25-5)21-17(22)12-27-19(23)16-9-7-15(8-10-16)11-26-13(2)3/h7-10,13-14,18H,6,11-12H2,1-5H3,(H,21,22)/t14-,18-/m1/s1. The van der Waals surface area contributed by atoms with Gasteiger partial charge in [-0.25, -0.2) is 9.59 Å². The third kappa shape index (κ3) is 7.78. The van der Waals surface area contributed by atoms with E-state index in [0.29, 0.717) is 18.6 Å². The maximum atomic E-state index is 12.1. The lowest BCUT2D eigenvalue weighted by molar-refractivity contribution is -0.147. The van der Waals surface area contributed by atoms with Gasteiger partial charge in [0.25, 0.3) is 5.91 Å². The molecule has 0 aliphatic heterocycles. The second-order valence-electron chi connectivity index (χ2n) is 6.59. The fourth-order valence-electron chi connectivity index (χ4n) is 2.23. The first-order valence-corrected chi connectivity index (χ1v) is 9.03. The van der Waals surface area contributed by atoms with Crippen LogP contribution < -0.4 is 5.32 Å². The summed E-state index contributed by atoms with van der Waals surface area (Å²) in [5, 5.41) is 2.55. The SMILES string of the molecule is CC[C@@H](C)[C@@H](NC(=O)COC(=O)c1ccc(COC(C)C)cc1)C(=O)OC. The van der Waals surface area contributed by atoms with Crippen LogP contribution in [0.1, 0.15) is 50.0 Å². The van der Waals surface area contributed by atoms with Crippen LogP contribution in [0, 0.1) is 5.92 Å². The van der Waals surface area contributed by atoms with Gasteiger partial charge in [0.2, 0.25) is 0 Å². The predicted molar refractivity (Wildman–Crippen MR) is 100 cm³/mol. The molecule has 1 aromatic carbocycles. The molecule has 0 spiro atoms. The van der Waals surface area contributed by atoms with Crippen molar-refractivity contribution in [2.45, 2.75) is 52.9 Å². The Labute approximate surface area is 160 Å². The number of hydrogen-bond donors (Lipinski definition) is 1. The highest BCUT2D eigenvalue weighted by Gasteiger charge is 2.27. The molecule has 0 bridgehead atoms. The summed E-state index contributed by atoms with van der Waals surface area (Å²) in [4.78, 5) is 35.9. The van der Waals surface area contributed by atoms with Crippen molar-refractivity contribution < 1.29 is 28.6 Å². The molecule has 0 saturated heterocycles. The summed E-state index contributed by atoms with van der Waals surface area (Å²) in [6.45, 7) is 7.62. The number of hydrogen-bond acceptors (Lipinski definition) is 6. The Morgan fingerprint density at radius 1 is 1.07 bits per heavy atom. The number of methoxy groups -OCH3 is 1. The number of amides is 1. The maximum Gasteiger partial charge on any atom is 0.338 e. The van der Waals surface area contributed by atoms with E-state index in [0.717, 1.165) is 5.56 Å². The van der Waals surface area contributed by atoms with E-state index in [9.17, 15) is 14.4 Å². The molecule has 1 rings (SSSR count). The number of rotatable bonds is 10. The zero-order valence-electron chi connectivity index (χ0n) is 16.6. The van der Waals surface area contributed by atoms with Gasteiger partial charge < -0.3 is 19.5 Å². The first-order valence-electron chi connectivity index (χ1n) is 9.03. The fraction of sp³-hybridized carbons (Fsp3) is 0.550. The lowest BCUT2D eigenvalue weighted by Gasteiger charge is -2.21. The molecule has 0 heterocycles. The molecule has 0 fully saturated rings. The Morgan fingerprint density at radius 2 is 1.70 bits per heavy atom. The van der Waals surface area contributed by atoms with Gasteiger partial charge in [-0.05, 0) is 37.5 Å². The Bertz CT molecular complexity index is 626. The van der Waals surface area contributed by atoms with Gasteiger partial charge in [0.15, 0.2) is 6.61 Å². The Morgan fingerprint density at radius 3 is 2.22 bits per heavy atom. The van der Waals surface area contributed by atoms with Crippen molar-refractivity contribution in [2.75, 3.05) is 13.7 Å². The highest BCUT2D eigenvalue weighted by Crippen LogP contribution is 2.10. The van der Waals surface area contributed by atoms with Crippen molar-refractivity contribution >= 4 is 17.8 Å². The summed E-state index contributed by atoms with van der Waals surface area (Å²) in [7, 11) is 1.26. The van der Waals surface area contributed by atoms with Crippen LogP contribution in [0.25, 0.3) is 0 Å². The zero-order chi connectivity index (χ0) is 20.4. The van der Waals surface area contributed by atoms with E-state index in [4.69, 9.17) is 14.2 Å². The van der Waals surface area contributed by atoms with Crippen LogP contribution in [-0.4, -0.2) is 43.7 Å². The summed E-state index contributed by atoms with van der Waals surface area (Å²) >= 11 is 0. The third-order valence-corrected chi connectivity index (χ3v) is 4.09. The molecule has 0 aliphatic rings. The number of ether oxygens (including phenoxy) is 3. The molecule has 0 radical (unpaired) electrons. The van der Waals surface area contributed by atoms with E-state index < -0.39 is 30.5 Å². The molecule has 27 heavy (non-hydrogen) atoms. The van der Waals surface area contributed by atoms with Crippen LogP contribution in [0.5, 0.6) is 0 Å². The summed E-state index contributed by atoms with van der Waals surface area (Å²) in [6.07, 6.45) is 0.810. The minimum Gasteiger partial charge on any atom is -0.467 e. The second-order valence-corrected chi connectivity index (χ2v) is 6.59. The smallest absolute Gasteiger partial charge is 0.338 e. The molecular formula is C20H29NO6. The summed E-state index contributed by atoms with van der Waals surface area (Å²) < 4.78 is 15.2. The van der Waals surface area contributed by atoms with Gasteiger partial charge in [-0.15, -0.1) is 0 Å². The molecule has 0 saturated carbocycles. The molecule has 1 amide bonds. The molecule has 1 aromatic rings. The van der Waals surface area contributed by atoms with Crippen LogP contribution in [-0.2, 0) is 30.4 Å². The molecule has 0 unspecified atom stereocenters. The summed E-state index contributed by atoms with van der Waals surface area (Å²) in [5.74, 6) is -1.79. The maximum absolute atomic E-state index is 12.1. The van der Waals surface area contributed by atoms with Crippen molar-refractivity contribution in [3.63, 3.8) is 0 Å². The number of carbonyl (C=O) groups is 3. The molecule has 7 heteroatoms. The topological polar surface area (TPSA) is 90.9 Å². The van der Waals surface area contributed by atoms with E-state index >= 15 is 0 Å². The molecule has 0 aromatic heterocycles. The van der Waals surface area contributed by atoms with Crippen LogP contribution in [0.2, 0.25) is 0 Å². The largest absolute Gasteiger partial charge is 0.467 e. The lowest BCUT2D eigenvalue weighted by atomic mass is 9.99. The average molecular weight is 379 g/mol. The monoisotopic (exact) mass is 379 g/mol. The normalized spacial score (nSPS) is 13.0. The quantitative estimate of drug-likeness (QED) is 0.628. The van der Waals surface area contributed by atoms with E-state index in [2.05, 4.69) is 5.32 Å². The van der Waals surface area contributed by atoms with Crippen LogP contribution in [0.4, 0.5) is 0 Å². The Hall–Kier alpha value is -2.41. The summed E-state index contributed by atoms with van der Waals surface area (Å²) in [5.41, 5.74) is 1.27. The van der Waals surface area contributed by atoms with Gasteiger partial charge in [-0.1, -0.05) is 32.4 Å². The van der Waals surface area contributed by atoms with Crippen molar-refractivity contribution in [2.24, 2.45) is 5.92 Å². The molecule has 1 N–H and O–H groups in total. The second kappa shape index (κ2) is 11.3. The Balaban J connectivity index is 2.55. The lowest BCUT2D eigenvalue weighted by Crippen LogP contribution is -2.47. The van der Waals surface area contributed by atoms with Gasteiger partial charge in [-0.2, -0.15) is 0 Å². The van der Waals surface area contributed by atoms with E-state index in [1.807, 2.05) is 27.7 Å². The molecular weight excluding hydrogens is 350 g/mol. The van der Waals surface area contributed by atoms with Crippen molar-refractivity contribution in [3.8, 4) is 0 Å².